The summed E-state index contributed by atoms with van der Waals surface area (Å²) in [6.45, 7) is 2.02. The zero-order chi connectivity index (χ0) is 20.8. The highest BCUT2D eigenvalue weighted by Crippen LogP contribution is 2.35. The minimum Gasteiger partial charge on any atom is -0.487 e. The number of aryl methyl sites for hydroxylation is 1. The Morgan fingerprint density at radius 2 is 1.93 bits per heavy atom. The molecule has 2 aromatic carbocycles. The van der Waals surface area contributed by atoms with E-state index in [0.717, 1.165) is 12.8 Å². The molecule has 5 nitrogen and oxygen atoms in total. The van der Waals surface area contributed by atoms with Crippen LogP contribution in [0.15, 0.2) is 55.1 Å². The molecule has 0 spiro atoms. The van der Waals surface area contributed by atoms with Crippen molar-refractivity contribution in [2.24, 2.45) is 0 Å². The van der Waals surface area contributed by atoms with Crippen LogP contribution in [-0.4, -0.2) is 21.6 Å². The Morgan fingerprint density at radius 3 is 2.59 bits per heavy atom. The summed E-state index contributed by atoms with van der Waals surface area (Å²) in [7, 11) is 0. The molecule has 1 atom stereocenters. The fourth-order valence-corrected chi connectivity index (χ4v) is 3.42. The molecular formula is C21H20Cl3N3O2. The number of nitrogens with zero attached hydrogens (tertiary/aromatic N) is 2. The molecule has 1 unspecified atom stereocenters. The van der Waals surface area contributed by atoms with Gasteiger partial charge in [0, 0.05) is 30.4 Å². The first-order valence-electron chi connectivity index (χ1n) is 9.04. The number of amides is 1. The Labute approximate surface area is 184 Å². The van der Waals surface area contributed by atoms with Crippen molar-refractivity contribution in [2.75, 3.05) is 5.32 Å². The summed E-state index contributed by atoms with van der Waals surface area (Å²) in [4.78, 5) is 15.4. The van der Waals surface area contributed by atoms with Crippen LogP contribution >= 0.6 is 34.8 Å². The number of hydrogen-bond acceptors (Lipinski definition) is 3. The van der Waals surface area contributed by atoms with Crippen molar-refractivity contribution in [1.29, 1.82) is 0 Å². The van der Waals surface area contributed by atoms with E-state index in [2.05, 4.69) is 10.3 Å². The fourth-order valence-electron chi connectivity index (χ4n) is 2.88. The molecule has 0 fully saturated rings. The van der Waals surface area contributed by atoms with Crippen molar-refractivity contribution in [1.82, 2.24) is 9.55 Å². The molecule has 152 valence electrons. The van der Waals surface area contributed by atoms with Crippen molar-refractivity contribution in [3.8, 4) is 5.75 Å². The van der Waals surface area contributed by atoms with Gasteiger partial charge in [0.2, 0.25) is 5.91 Å². The minimum atomic E-state index is -0.224. The SMILES string of the molecule is CC(=O)Nc1cc(Cl)c(OC(CCc2ccc(Cl)cc2)Cn2ccnc2)cc1Cl. The lowest BCUT2D eigenvalue weighted by Gasteiger charge is -2.21. The molecule has 1 heterocycles. The van der Waals surface area contributed by atoms with Crippen molar-refractivity contribution in [3.05, 3.63) is 75.8 Å². The molecule has 3 aromatic rings. The first-order chi connectivity index (χ1) is 13.9. The number of rotatable bonds is 8. The highest BCUT2D eigenvalue weighted by molar-refractivity contribution is 6.36. The second-order valence-electron chi connectivity index (χ2n) is 6.61. The molecule has 0 saturated heterocycles. The van der Waals surface area contributed by atoms with Crippen LogP contribution in [0.1, 0.15) is 18.9 Å². The average Bonchev–Trinajstić information content (AvgIpc) is 3.17. The zero-order valence-electron chi connectivity index (χ0n) is 15.7. The van der Waals surface area contributed by atoms with Crippen LogP contribution < -0.4 is 10.1 Å². The maximum Gasteiger partial charge on any atom is 0.221 e. The number of carbonyl (C=O) groups is 1. The lowest BCUT2D eigenvalue weighted by atomic mass is 10.1. The highest BCUT2D eigenvalue weighted by atomic mass is 35.5. The third kappa shape index (κ3) is 6.39. The van der Waals surface area contributed by atoms with Crippen LogP contribution in [0, 0.1) is 0 Å². The van der Waals surface area contributed by atoms with Gasteiger partial charge in [-0.2, -0.15) is 0 Å². The summed E-state index contributed by atoms with van der Waals surface area (Å²) in [5.41, 5.74) is 1.61. The summed E-state index contributed by atoms with van der Waals surface area (Å²) in [6.07, 6.45) is 6.75. The average molecular weight is 453 g/mol. The number of anilines is 1. The van der Waals surface area contributed by atoms with Gasteiger partial charge in [-0.25, -0.2) is 4.98 Å². The van der Waals surface area contributed by atoms with Gasteiger partial charge in [-0.15, -0.1) is 0 Å². The van der Waals surface area contributed by atoms with E-state index in [9.17, 15) is 4.79 Å². The van der Waals surface area contributed by atoms with Crippen molar-refractivity contribution in [2.45, 2.75) is 32.4 Å². The molecule has 0 aliphatic carbocycles. The predicted molar refractivity (Wildman–Crippen MR) is 117 cm³/mol. The molecule has 8 heteroatoms. The Hall–Kier alpha value is -2.21. The Bertz CT molecular complexity index is 960. The largest absolute Gasteiger partial charge is 0.487 e. The summed E-state index contributed by atoms with van der Waals surface area (Å²) in [5.74, 6) is 0.240. The van der Waals surface area contributed by atoms with E-state index in [1.54, 1.807) is 24.7 Å². The van der Waals surface area contributed by atoms with E-state index in [0.29, 0.717) is 33.0 Å². The maximum atomic E-state index is 11.3. The van der Waals surface area contributed by atoms with Gasteiger partial charge in [-0.1, -0.05) is 46.9 Å². The third-order valence-electron chi connectivity index (χ3n) is 4.27. The standard InChI is InChI=1S/C21H20Cl3N3O2/c1-14(28)26-20-10-19(24)21(11-18(20)23)29-17(12-27-9-8-25-13-27)7-4-15-2-5-16(22)6-3-15/h2-3,5-6,8-11,13,17H,4,7,12H2,1H3,(H,26,28). The van der Waals surface area contributed by atoms with E-state index in [-0.39, 0.29) is 12.0 Å². The van der Waals surface area contributed by atoms with Gasteiger partial charge in [-0.3, -0.25) is 4.79 Å². The number of halogens is 3. The van der Waals surface area contributed by atoms with Crippen LogP contribution in [0.2, 0.25) is 15.1 Å². The number of ether oxygens (including phenoxy) is 1. The molecule has 0 aliphatic rings. The van der Waals surface area contributed by atoms with Crippen LogP contribution in [-0.2, 0) is 17.8 Å². The summed E-state index contributed by atoms with van der Waals surface area (Å²) in [5, 5.41) is 4.09. The fraction of sp³-hybridized carbons (Fsp3) is 0.238. The van der Waals surface area contributed by atoms with Gasteiger partial charge >= 0.3 is 0 Å². The van der Waals surface area contributed by atoms with E-state index in [1.165, 1.54) is 12.5 Å². The van der Waals surface area contributed by atoms with E-state index in [4.69, 9.17) is 39.5 Å². The minimum absolute atomic E-state index is 0.167. The van der Waals surface area contributed by atoms with Gasteiger partial charge in [-0.05, 0) is 36.6 Å². The summed E-state index contributed by atoms with van der Waals surface area (Å²) < 4.78 is 8.15. The molecule has 0 radical (unpaired) electrons. The number of hydrogen-bond donors (Lipinski definition) is 1. The number of carbonyl (C=O) groups excluding carboxylic acids is 1. The van der Waals surface area contributed by atoms with E-state index < -0.39 is 0 Å². The van der Waals surface area contributed by atoms with E-state index >= 15 is 0 Å². The molecule has 1 amide bonds. The second kappa shape index (κ2) is 10.0. The Kier molecular flexibility index (Phi) is 7.42. The monoisotopic (exact) mass is 451 g/mol. The maximum absolute atomic E-state index is 11.3. The van der Waals surface area contributed by atoms with Crippen molar-refractivity contribution < 1.29 is 9.53 Å². The second-order valence-corrected chi connectivity index (χ2v) is 7.86. The predicted octanol–water partition coefficient (Wildman–Crippen LogP) is 5.88. The third-order valence-corrected chi connectivity index (χ3v) is 5.13. The molecule has 29 heavy (non-hydrogen) atoms. The Balaban J connectivity index is 1.76. The molecule has 1 aromatic heterocycles. The van der Waals surface area contributed by atoms with Crippen LogP contribution in [0.25, 0.3) is 0 Å². The van der Waals surface area contributed by atoms with Crippen molar-refractivity contribution in [3.63, 3.8) is 0 Å². The normalized spacial score (nSPS) is 11.9. The molecule has 0 aliphatic heterocycles. The molecule has 1 N–H and O–H groups in total. The van der Waals surface area contributed by atoms with Crippen molar-refractivity contribution >= 4 is 46.4 Å². The van der Waals surface area contributed by atoms with Gasteiger partial charge in [0.25, 0.3) is 0 Å². The quantitative estimate of drug-likeness (QED) is 0.464. The zero-order valence-corrected chi connectivity index (χ0v) is 18.0. The molecular weight excluding hydrogens is 433 g/mol. The van der Waals surface area contributed by atoms with Crippen LogP contribution in [0.4, 0.5) is 5.69 Å². The summed E-state index contributed by atoms with van der Waals surface area (Å²) in [6, 6.07) is 11.0. The molecule has 0 bridgehead atoms. The number of aromatic nitrogens is 2. The first-order valence-corrected chi connectivity index (χ1v) is 10.2. The van der Waals surface area contributed by atoms with Gasteiger partial charge < -0.3 is 14.6 Å². The Morgan fingerprint density at radius 1 is 1.17 bits per heavy atom. The van der Waals surface area contributed by atoms with Crippen LogP contribution in [0.3, 0.4) is 0 Å². The van der Waals surface area contributed by atoms with E-state index in [1.807, 2.05) is 35.0 Å². The molecule has 0 saturated carbocycles. The lowest BCUT2D eigenvalue weighted by molar-refractivity contribution is -0.114. The first kappa shape index (κ1) is 21.5. The molecule has 3 rings (SSSR count). The number of nitrogens with one attached hydrogen (secondary N) is 1. The van der Waals surface area contributed by atoms with Gasteiger partial charge in [0.15, 0.2) is 0 Å². The topological polar surface area (TPSA) is 56.1 Å². The van der Waals surface area contributed by atoms with Gasteiger partial charge in [0.1, 0.15) is 11.9 Å². The smallest absolute Gasteiger partial charge is 0.221 e. The summed E-state index contributed by atoms with van der Waals surface area (Å²) >= 11 is 18.6. The number of benzene rings is 2. The van der Waals surface area contributed by atoms with Crippen LogP contribution in [0.5, 0.6) is 5.75 Å². The number of imidazole rings is 1. The van der Waals surface area contributed by atoms with Gasteiger partial charge in [0.05, 0.1) is 28.6 Å². The lowest BCUT2D eigenvalue weighted by Crippen LogP contribution is -2.24. The highest BCUT2D eigenvalue weighted by Gasteiger charge is 2.16.